The van der Waals surface area contributed by atoms with Crippen molar-refractivity contribution in [3.8, 4) is 11.4 Å². The minimum Gasteiger partial charge on any atom is -0.495 e. The lowest BCUT2D eigenvalue weighted by atomic mass is 10.2. The quantitative estimate of drug-likeness (QED) is 0.342. The summed E-state index contributed by atoms with van der Waals surface area (Å²) in [5.74, 6) is 1.56. The van der Waals surface area contributed by atoms with Crippen molar-refractivity contribution in [1.82, 2.24) is 9.55 Å². The third kappa shape index (κ3) is 3.79. The third-order valence-corrected chi connectivity index (χ3v) is 5.69. The van der Waals surface area contributed by atoms with Gasteiger partial charge in [0.25, 0.3) is 0 Å². The highest BCUT2D eigenvalue weighted by atomic mass is 35.5. The monoisotopic (exact) mass is 414 g/mol. The van der Waals surface area contributed by atoms with Gasteiger partial charge in [0.05, 0.1) is 23.8 Å². The van der Waals surface area contributed by atoms with E-state index in [4.69, 9.17) is 32.9 Å². The molecule has 136 valence electrons. The second-order valence-electron chi connectivity index (χ2n) is 5.95. The van der Waals surface area contributed by atoms with Gasteiger partial charge in [-0.05, 0) is 48.0 Å². The Bertz CT molecular complexity index is 1090. The maximum Gasteiger partial charge on any atom is 0.174 e. The van der Waals surface area contributed by atoms with E-state index in [0.717, 1.165) is 38.4 Å². The van der Waals surface area contributed by atoms with Crippen LogP contribution >= 0.6 is 35.0 Å². The van der Waals surface area contributed by atoms with Crippen molar-refractivity contribution in [2.45, 2.75) is 10.9 Å². The third-order valence-electron chi connectivity index (χ3n) is 4.19. The summed E-state index contributed by atoms with van der Waals surface area (Å²) < 4.78 is 7.67. The van der Waals surface area contributed by atoms with Crippen LogP contribution in [0, 0.1) is 0 Å². The Labute approximate surface area is 171 Å². The smallest absolute Gasteiger partial charge is 0.174 e. The van der Waals surface area contributed by atoms with Gasteiger partial charge >= 0.3 is 0 Å². The van der Waals surface area contributed by atoms with Gasteiger partial charge in [-0.3, -0.25) is 4.57 Å². The molecular weight excluding hydrogens is 399 g/mol. The number of imidazole rings is 1. The zero-order valence-electron chi connectivity index (χ0n) is 14.5. The summed E-state index contributed by atoms with van der Waals surface area (Å²) in [6, 6.07) is 21.5. The lowest BCUT2D eigenvalue weighted by Gasteiger charge is -2.13. The molecule has 3 aromatic carbocycles. The highest BCUT2D eigenvalue weighted by Gasteiger charge is 2.16. The summed E-state index contributed by atoms with van der Waals surface area (Å²) in [5, 5.41) is 2.29. The summed E-state index contributed by atoms with van der Waals surface area (Å²) in [6.07, 6.45) is 0. The Hall–Kier alpha value is -2.14. The molecule has 4 aromatic rings. The molecule has 0 aliphatic rings. The van der Waals surface area contributed by atoms with Crippen molar-refractivity contribution in [3.63, 3.8) is 0 Å². The van der Waals surface area contributed by atoms with Crippen molar-refractivity contribution in [3.05, 3.63) is 82.3 Å². The summed E-state index contributed by atoms with van der Waals surface area (Å²) in [7, 11) is 1.67. The second-order valence-corrected chi connectivity index (χ2v) is 7.77. The highest BCUT2D eigenvalue weighted by molar-refractivity contribution is 7.98. The maximum absolute atomic E-state index is 6.26. The van der Waals surface area contributed by atoms with Gasteiger partial charge in [0.15, 0.2) is 5.16 Å². The molecule has 27 heavy (non-hydrogen) atoms. The van der Waals surface area contributed by atoms with Crippen LogP contribution in [-0.2, 0) is 5.75 Å². The van der Waals surface area contributed by atoms with E-state index in [2.05, 4.69) is 4.57 Å². The molecule has 0 saturated heterocycles. The molecule has 0 aliphatic carbocycles. The molecule has 0 spiro atoms. The Balaban J connectivity index is 1.81. The predicted molar refractivity (Wildman–Crippen MR) is 114 cm³/mol. The number of thioether (sulfide) groups is 1. The summed E-state index contributed by atoms with van der Waals surface area (Å²) in [5.41, 5.74) is 3.96. The first-order chi connectivity index (χ1) is 13.2. The summed E-state index contributed by atoms with van der Waals surface area (Å²) in [4.78, 5) is 4.82. The molecule has 1 heterocycles. The first-order valence-electron chi connectivity index (χ1n) is 8.34. The fourth-order valence-corrected chi connectivity index (χ4v) is 4.17. The molecule has 3 nitrogen and oxygen atoms in total. The Kier molecular flexibility index (Phi) is 5.30. The molecule has 0 unspecified atom stereocenters. The lowest BCUT2D eigenvalue weighted by Crippen LogP contribution is -2.00. The first-order valence-corrected chi connectivity index (χ1v) is 10.1. The molecule has 0 N–H and O–H groups in total. The predicted octanol–water partition coefficient (Wildman–Crippen LogP) is 6.63. The molecule has 0 aliphatic heterocycles. The molecular formula is C21H16Cl2N2OS. The molecule has 6 heteroatoms. The highest BCUT2D eigenvalue weighted by Crippen LogP contribution is 2.34. The first kappa shape index (κ1) is 18.2. The van der Waals surface area contributed by atoms with Gasteiger partial charge in [0.1, 0.15) is 5.75 Å². The number of methoxy groups -OCH3 is 1. The minimum absolute atomic E-state index is 0.674. The van der Waals surface area contributed by atoms with Crippen LogP contribution in [0.5, 0.6) is 5.75 Å². The van der Waals surface area contributed by atoms with Crippen LogP contribution in [0.4, 0.5) is 0 Å². The van der Waals surface area contributed by atoms with Crippen molar-refractivity contribution >= 4 is 46.0 Å². The number of benzene rings is 3. The van der Waals surface area contributed by atoms with E-state index in [1.165, 1.54) is 5.56 Å². The Morgan fingerprint density at radius 1 is 0.963 bits per heavy atom. The number of fused-ring (bicyclic) bond motifs is 1. The number of para-hydroxylation sites is 2. The standard InChI is InChI=1S/C21H16Cl2N2OS/c1-26-20-5-3-2-4-18(20)25-19-12-16(23)10-11-17(19)24-21(25)27-13-14-6-8-15(22)9-7-14/h2-12H,13H2,1H3. The normalized spacial score (nSPS) is 11.1. The molecule has 0 fully saturated rings. The molecule has 0 atom stereocenters. The van der Waals surface area contributed by atoms with Gasteiger partial charge in [-0.25, -0.2) is 4.98 Å². The van der Waals surface area contributed by atoms with E-state index < -0.39 is 0 Å². The molecule has 0 saturated carbocycles. The number of rotatable bonds is 5. The topological polar surface area (TPSA) is 27.1 Å². The zero-order valence-corrected chi connectivity index (χ0v) is 16.9. The van der Waals surface area contributed by atoms with E-state index >= 15 is 0 Å². The lowest BCUT2D eigenvalue weighted by molar-refractivity contribution is 0.412. The van der Waals surface area contributed by atoms with Crippen LogP contribution in [0.25, 0.3) is 16.7 Å². The fourth-order valence-electron chi connectivity index (χ4n) is 2.90. The average molecular weight is 415 g/mol. The molecule has 0 radical (unpaired) electrons. The SMILES string of the molecule is COc1ccccc1-n1c(SCc2ccc(Cl)cc2)nc2ccc(Cl)cc21. The van der Waals surface area contributed by atoms with Gasteiger partial charge in [-0.2, -0.15) is 0 Å². The minimum atomic E-state index is 0.674. The van der Waals surface area contributed by atoms with E-state index in [-0.39, 0.29) is 0 Å². The van der Waals surface area contributed by atoms with Crippen LogP contribution in [0.3, 0.4) is 0 Å². The molecule has 1 aromatic heterocycles. The van der Waals surface area contributed by atoms with E-state index in [1.54, 1.807) is 18.9 Å². The van der Waals surface area contributed by atoms with Gasteiger partial charge in [-0.15, -0.1) is 0 Å². The van der Waals surface area contributed by atoms with Crippen LogP contribution in [0.15, 0.2) is 71.9 Å². The van der Waals surface area contributed by atoms with Gasteiger partial charge in [-0.1, -0.05) is 59.2 Å². The largest absolute Gasteiger partial charge is 0.495 e. The number of halogens is 2. The average Bonchev–Trinajstić information content (AvgIpc) is 3.04. The summed E-state index contributed by atoms with van der Waals surface area (Å²) in [6.45, 7) is 0. The van der Waals surface area contributed by atoms with Crippen LogP contribution in [0.2, 0.25) is 10.0 Å². The van der Waals surface area contributed by atoms with Crippen molar-refractivity contribution < 1.29 is 4.74 Å². The van der Waals surface area contributed by atoms with Gasteiger partial charge < -0.3 is 4.74 Å². The van der Waals surface area contributed by atoms with Gasteiger partial charge in [0, 0.05) is 15.8 Å². The van der Waals surface area contributed by atoms with Gasteiger partial charge in [0.2, 0.25) is 0 Å². The van der Waals surface area contributed by atoms with Crippen molar-refractivity contribution in [1.29, 1.82) is 0 Å². The molecule has 4 rings (SSSR count). The van der Waals surface area contributed by atoms with E-state index in [0.29, 0.717) is 5.02 Å². The maximum atomic E-state index is 6.26. The molecule has 0 bridgehead atoms. The van der Waals surface area contributed by atoms with Crippen LogP contribution < -0.4 is 4.74 Å². The fraction of sp³-hybridized carbons (Fsp3) is 0.0952. The number of aromatic nitrogens is 2. The van der Waals surface area contributed by atoms with E-state index in [9.17, 15) is 0 Å². The number of hydrogen-bond acceptors (Lipinski definition) is 3. The Morgan fingerprint density at radius 3 is 2.48 bits per heavy atom. The number of ether oxygens (including phenoxy) is 1. The van der Waals surface area contributed by atoms with E-state index in [1.807, 2.05) is 66.7 Å². The van der Waals surface area contributed by atoms with Crippen LogP contribution in [0.1, 0.15) is 5.56 Å². The van der Waals surface area contributed by atoms with Crippen molar-refractivity contribution in [2.75, 3.05) is 7.11 Å². The number of nitrogens with zero attached hydrogens (tertiary/aromatic N) is 2. The second kappa shape index (κ2) is 7.85. The summed E-state index contributed by atoms with van der Waals surface area (Å²) >= 11 is 13.9. The zero-order chi connectivity index (χ0) is 18.8. The van der Waals surface area contributed by atoms with Crippen molar-refractivity contribution in [2.24, 2.45) is 0 Å². The molecule has 0 amide bonds. The number of hydrogen-bond donors (Lipinski definition) is 0. The van der Waals surface area contributed by atoms with Crippen LogP contribution in [-0.4, -0.2) is 16.7 Å². The Morgan fingerprint density at radius 2 is 1.70 bits per heavy atom.